The zero-order valence-corrected chi connectivity index (χ0v) is 14.7. The summed E-state index contributed by atoms with van der Waals surface area (Å²) >= 11 is 4.55. The number of hydrogen-bond acceptors (Lipinski definition) is 4. The third kappa shape index (κ3) is 4.13. The van der Waals surface area contributed by atoms with Crippen LogP contribution in [0.15, 0.2) is 29.9 Å². The van der Waals surface area contributed by atoms with Crippen LogP contribution in [0, 0.1) is 7.14 Å². The van der Waals surface area contributed by atoms with Gasteiger partial charge in [0.05, 0.1) is 19.5 Å². The minimum absolute atomic E-state index is 0.165. The number of benzene rings is 1. The van der Waals surface area contributed by atoms with E-state index in [2.05, 4.69) is 60.5 Å². The van der Waals surface area contributed by atoms with Crippen molar-refractivity contribution in [1.29, 1.82) is 0 Å². The highest BCUT2D eigenvalue weighted by Crippen LogP contribution is 2.29. The van der Waals surface area contributed by atoms with Crippen LogP contribution in [0.3, 0.4) is 0 Å². The molecule has 0 unspecified atom stereocenters. The molecule has 2 aromatic rings. The standard InChI is InChI=1S/C12H12I2N4O/c1-8(2)19-12-10(13)3-9(4-11(12)14)5-17-18-6-15-16-7-18/h3-8H,1-2H3. The summed E-state index contributed by atoms with van der Waals surface area (Å²) in [5, 5.41) is 11.6. The Hall–Kier alpha value is -0.710. The normalized spacial score (nSPS) is 11.4. The quantitative estimate of drug-likeness (QED) is 0.498. The number of rotatable bonds is 4. The first kappa shape index (κ1) is 14.7. The lowest BCUT2D eigenvalue weighted by molar-refractivity contribution is 0.239. The third-order valence-electron chi connectivity index (χ3n) is 2.12. The average Bonchev–Trinajstić information content (AvgIpc) is 2.84. The Balaban J connectivity index is 2.24. The fourth-order valence-electron chi connectivity index (χ4n) is 1.39. The molecule has 0 aliphatic carbocycles. The summed E-state index contributed by atoms with van der Waals surface area (Å²) in [6, 6.07) is 4.07. The van der Waals surface area contributed by atoms with Crippen LogP contribution in [0.5, 0.6) is 5.75 Å². The average molecular weight is 482 g/mol. The third-order valence-corrected chi connectivity index (χ3v) is 3.72. The molecule has 1 aromatic carbocycles. The predicted molar refractivity (Wildman–Crippen MR) is 90.7 cm³/mol. The second kappa shape index (κ2) is 6.64. The van der Waals surface area contributed by atoms with E-state index < -0.39 is 0 Å². The molecule has 1 aromatic heterocycles. The molecule has 19 heavy (non-hydrogen) atoms. The Morgan fingerprint density at radius 3 is 2.32 bits per heavy atom. The van der Waals surface area contributed by atoms with Gasteiger partial charge in [-0.1, -0.05) is 0 Å². The first-order valence-corrected chi connectivity index (χ1v) is 7.76. The lowest BCUT2D eigenvalue weighted by Crippen LogP contribution is -2.08. The van der Waals surface area contributed by atoms with Crippen molar-refractivity contribution in [2.45, 2.75) is 20.0 Å². The van der Waals surface area contributed by atoms with Crippen LogP contribution in [0.4, 0.5) is 0 Å². The Bertz CT molecular complexity index is 558. The Morgan fingerprint density at radius 2 is 1.79 bits per heavy atom. The maximum absolute atomic E-state index is 5.80. The Labute approximate surface area is 138 Å². The van der Waals surface area contributed by atoms with Crippen molar-refractivity contribution < 1.29 is 4.74 Å². The SMILES string of the molecule is CC(C)Oc1c(I)cc(C=Nn2cnnc2)cc1I. The van der Waals surface area contributed by atoms with Gasteiger partial charge in [0, 0.05) is 0 Å². The summed E-state index contributed by atoms with van der Waals surface area (Å²) < 4.78 is 9.50. The Kier molecular flexibility index (Phi) is 5.13. The molecule has 2 rings (SSSR count). The molecular formula is C12H12I2N4O. The van der Waals surface area contributed by atoms with Gasteiger partial charge in [-0.05, 0) is 76.7 Å². The van der Waals surface area contributed by atoms with E-state index >= 15 is 0 Å². The van der Waals surface area contributed by atoms with Gasteiger partial charge in [0.2, 0.25) is 0 Å². The fourth-order valence-corrected chi connectivity index (χ4v) is 3.46. The van der Waals surface area contributed by atoms with E-state index in [-0.39, 0.29) is 6.10 Å². The lowest BCUT2D eigenvalue weighted by Gasteiger charge is -2.13. The zero-order valence-electron chi connectivity index (χ0n) is 10.4. The number of hydrogen-bond donors (Lipinski definition) is 0. The molecule has 5 nitrogen and oxygen atoms in total. The first-order chi connectivity index (χ1) is 9.06. The van der Waals surface area contributed by atoms with Crippen molar-refractivity contribution in [1.82, 2.24) is 14.9 Å². The zero-order chi connectivity index (χ0) is 13.8. The molecule has 0 aliphatic heterocycles. The monoisotopic (exact) mass is 482 g/mol. The maximum atomic E-state index is 5.80. The predicted octanol–water partition coefficient (Wildman–Crippen LogP) is 3.16. The first-order valence-electron chi connectivity index (χ1n) is 5.61. The summed E-state index contributed by atoms with van der Waals surface area (Å²) in [5.41, 5.74) is 1.01. The van der Waals surface area contributed by atoms with E-state index in [9.17, 15) is 0 Å². The minimum atomic E-state index is 0.165. The van der Waals surface area contributed by atoms with Crippen LogP contribution in [-0.4, -0.2) is 27.2 Å². The minimum Gasteiger partial charge on any atom is -0.489 e. The molecule has 100 valence electrons. The van der Waals surface area contributed by atoms with Gasteiger partial charge in [0.15, 0.2) is 0 Å². The molecule has 0 saturated carbocycles. The number of aromatic nitrogens is 3. The Morgan fingerprint density at radius 1 is 1.21 bits per heavy atom. The van der Waals surface area contributed by atoms with Crippen LogP contribution >= 0.6 is 45.2 Å². The van der Waals surface area contributed by atoms with Crippen LogP contribution < -0.4 is 4.74 Å². The van der Waals surface area contributed by atoms with E-state index in [1.807, 2.05) is 26.0 Å². The highest BCUT2D eigenvalue weighted by molar-refractivity contribution is 14.1. The van der Waals surface area contributed by atoms with Crippen molar-refractivity contribution in [2.24, 2.45) is 5.10 Å². The van der Waals surface area contributed by atoms with Crippen molar-refractivity contribution >= 4 is 51.4 Å². The van der Waals surface area contributed by atoms with Gasteiger partial charge in [0.1, 0.15) is 18.4 Å². The molecule has 0 aliphatic rings. The molecule has 0 atom stereocenters. The van der Waals surface area contributed by atoms with Crippen LogP contribution in [0.2, 0.25) is 0 Å². The molecule has 0 amide bonds. The summed E-state index contributed by atoms with van der Waals surface area (Å²) in [6.07, 6.45) is 5.02. The summed E-state index contributed by atoms with van der Waals surface area (Å²) in [4.78, 5) is 0. The van der Waals surface area contributed by atoms with E-state index in [0.717, 1.165) is 18.5 Å². The van der Waals surface area contributed by atoms with E-state index in [4.69, 9.17) is 4.74 Å². The summed E-state index contributed by atoms with van der Waals surface area (Å²) in [7, 11) is 0. The van der Waals surface area contributed by atoms with Crippen molar-refractivity contribution in [2.75, 3.05) is 0 Å². The van der Waals surface area contributed by atoms with E-state index in [1.165, 1.54) is 0 Å². The summed E-state index contributed by atoms with van der Waals surface area (Å²) in [5.74, 6) is 0.928. The molecular weight excluding hydrogens is 470 g/mol. The van der Waals surface area contributed by atoms with Gasteiger partial charge in [-0.3, -0.25) is 0 Å². The van der Waals surface area contributed by atoms with Crippen LogP contribution in [0.25, 0.3) is 0 Å². The van der Waals surface area contributed by atoms with Gasteiger partial charge in [-0.15, -0.1) is 10.2 Å². The van der Waals surface area contributed by atoms with Crippen molar-refractivity contribution in [3.05, 3.63) is 37.5 Å². The molecule has 0 spiro atoms. The van der Waals surface area contributed by atoms with Gasteiger partial charge in [-0.25, -0.2) is 4.68 Å². The molecule has 0 radical (unpaired) electrons. The number of halogens is 2. The largest absolute Gasteiger partial charge is 0.489 e. The van der Waals surface area contributed by atoms with E-state index in [1.54, 1.807) is 23.5 Å². The van der Waals surface area contributed by atoms with Gasteiger partial charge in [0.25, 0.3) is 0 Å². The van der Waals surface area contributed by atoms with Gasteiger partial charge in [-0.2, -0.15) is 5.10 Å². The van der Waals surface area contributed by atoms with Crippen molar-refractivity contribution in [3.8, 4) is 5.75 Å². The highest BCUT2D eigenvalue weighted by atomic mass is 127. The second-order valence-electron chi connectivity index (χ2n) is 4.07. The number of ether oxygens (including phenoxy) is 1. The van der Waals surface area contributed by atoms with E-state index in [0.29, 0.717) is 0 Å². The molecule has 0 saturated heterocycles. The molecule has 0 N–H and O–H groups in total. The topological polar surface area (TPSA) is 52.3 Å². The lowest BCUT2D eigenvalue weighted by atomic mass is 10.2. The van der Waals surface area contributed by atoms with Crippen LogP contribution in [-0.2, 0) is 0 Å². The molecule has 0 bridgehead atoms. The van der Waals surface area contributed by atoms with Crippen molar-refractivity contribution in [3.63, 3.8) is 0 Å². The van der Waals surface area contributed by atoms with Crippen LogP contribution in [0.1, 0.15) is 19.4 Å². The van der Waals surface area contributed by atoms with Gasteiger partial charge < -0.3 is 4.74 Å². The fraction of sp³-hybridized carbons (Fsp3) is 0.250. The molecule has 0 fully saturated rings. The number of nitrogens with zero attached hydrogens (tertiary/aromatic N) is 4. The maximum Gasteiger partial charge on any atom is 0.146 e. The second-order valence-corrected chi connectivity index (χ2v) is 6.39. The van der Waals surface area contributed by atoms with Gasteiger partial charge >= 0.3 is 0 Å². The highest BCUT2D eigenvalue weighted by Gasteiger charge is 2.09. The molecule has 1 heterocycles. The molecule has 7 heteroatoms. The smallest absolute Gasteiger partial charge is 0.146 e. The summed E-state index contributed by atoms with van der Waals surface area (Å²) in [6.45, 7) is 4.04.